The summed E-state index contributed by atoms with van der Waals surface area (Å²) in [5, 5.41) is 9.13. The van der Waals surface area contributed by atoms with Gasteiger partial charge in [0.1, 0.15) is 29.6 Å². The normalized spacial score (nSPS) is 22.4. The number of carbonyl (C=O) groups excluding carboxylic acids is 3. The molecule has 2 unspecified atom stereocenters. The van der Waals surface area contributed by atoms with E-state index in [0.717, 1.165) is 0 Å². The van der Waals surface area contributed by atoms with Gasteiger partial charge in [-0.25, -0.2) is 4.79 Å². The Morgan fingerprint density at radius 3 is 2.24 bits per heavy atom. The Kier molecular flexibility index (Phi) is 7.58. The molecule has 2 fully saturated rings. The van der Waals surface area contributed by atoms with Crippen LogP contribution in [0.1, 0.15) is 21.7 Å². The minimum Gasteiger partial charge on any atom is -1.00 e. The van der Waals surface area contributed by atoms with Crippen LogP contribution in [0.3, 0.4) is 0 Å². The fourth-order valence-corrected chi connectivity index (χ4v) is 5.82. The Bertz CT molecular complexity index is 1070. The molecule has 2 aromatic rings. The zero-order valence-corrected chi connectivity index (χ0v) is 21.3. The summed E-state index contributed by atoms with van der Waals surface area (Å²) in [6.07, 6.45) is -0.559. The van der Waals surface area contributed by atoms with Crippen molar-refractivity contribution in [2.24, 2.45) is 0 Å². The van der Waals surface area contributed by atoms with Crippen LogP contribution in [0.25, 0.3) is 0 Å². The minimum absolute atomic E-state index is 0. The van der Waals surface area contributed by atoms with Crippen molar-refractivity contribution in [3.8, 4) is 5.75 Å². The first-order chi connectivity index (χ1) is 15.2. The van der Waals surface area contributed by atoms with Crippen molar-refractivity contribution in [3.63, 3.8) is 0 Å². The third kappa shape index (κ3) is 4.82. The monoisotopic (exact) mass is 478 g/mol. The Balaban J connectivity index is 0.00000204. The molecule has 0 radical (unpaired) electrons. The number of benzene rings is 2. The number of nitrogens with zero attached hydrogens (tertiary/aromatic N) is 2. The molecule has 2 saturated heterocycles. The SMILES string of the molecule is CC1(C)S[C@@H]2C(N(C(=O)CC(=O)Oc3ccccc3)c3ccccc3)C(=O)N2C1C(=O)O.[H-].[Na+]. The number of fused-ring (bicyclic) bond motifs is 1. The molecule has 33 heavy (non-hydrogen) atoms. The van der Waals surface area contributed by atoms with Crippen LogP contribution in [0.15, 0.2) is 60.7 Å². The van der Waals surface area contributed by atoms with E-state index < -0.39 is 52.4 Å². The molecule has 3 atom stereocenters. The third-order valence-corrected chi connectivity index (χ3v) is 7.06. The second-order valence-electron chi connectivity index (χ2n) is 8.11. The number of carbonyl (C=O) groups is 4. The molecule has 0 bridgehead atoms. The first-order valence-corrected chi connectivity index (χ1v) is 10.9. The molecule has 0 aliphatic carbocycles. The van der Waals surface area contributed by atoms with Crippen LogP contribution < -0.4 is 39.2 Å². The quantitative estimate of drug-likeness (QED) is 0.199. The molecule has 2 aromatic carbocycles. The molecule has 2 aliphatic heterocycles. The van der Waals surface area contributed by atoms with Gasteiger partial charge in [0.2, 0.25) is 5.91 Å². The van der Waals surface area contributed by atoms with Gasteiger partial charge in [-0.3, -0.25) is 19.3 Å². The van der Waals surface area contributed by atoms with E-state index in [4.69, 9.17) is 4.74 Å². The van der Waals surface area contributed by atoms with Gasteiger partial charge in [0.05, 0.1) is 0 Å². The molecule has 2 heterocycles. The largest absolute Gasteiger partial charge is 1.00 e. The van der Waals surface area contributed by atoms with E-state index in [9.17, 15) is 24.3 Å². The molecule has 2 amide bonds. The smallest absolute Gasteiger partial charge is 1.00 e. The molecule has 0 spiro atoms. The number of carboxylic acid groups (broad SMARTS) is 1. The fraction of sp³-hybridized carbons (Fsp3) is 0.304. The molecular weight excluding hydrogens is 455 g/mol. The predicted octanol–water partition coefficient (Wildman–Crippen LogP) is -0.353. The van der Waals surface area contributed by atoms with Crippen LogP contribution in [0.2, 0.25) is 0 Å². The minimum atomic E-state index is -1.08. The Hall–Kier alpha value is -2.33. The zero-order valence-electron chi connectivity index (χ0n) is 19.5. The van der Waals surface area contributed by atoms with Crippen molar-refractivity contribution in [3.05, 3.63) is 60.7 Å². The maximum absolute atomic E-state index is 13.2. The molecule has 8 nitrogen and oxygen atoms in total. The van der Waals surface area contributed by atoms with Crippen LogP contribution in [0.4, 0.5) is 5.69 Å². The topological polar surface area (TPSA) is 104 Å². The Labute approximate surface area is 219 Å². The summed E-state index contributed by atoms with van der Waals surface area (Å²) in [5.41, 5.74) is 0.459. The molecular formula is C23H23N2NaO6S. The van der Waals surface area contributed by atoms with Crippen LogP contribution in [0, 0.1) is 0 Å². The van der Waals surface area contributed by atoms with Crippen molar-refractivity contribution in [1.82, 2.24) is 4.90 Å². The van der Waals surface area contributed by atoms with Gasteiger partial charge in [0.15, 0.2) is 0 Å². The number of thioether (sulfide) groups is 1. The van der Waals surface area contributed by atoms with Crippen molar-refractivity contribution in [1.29, 1.82) is 0 Å². The van der Waals surface area contributed by atoms with Crippen molar-refractivity contribution < 1.29 is 60.0 Å². The second-order valence-corrected chi connectivity index (χ2v) is 9.88. The Morgan fingerprint density at radius 2 is 1.67 bits per heavy atom. The van der Waals surface area contributed by atoms with E-state index in [-0.39, 0.29) is 31.0 Å². The standard InChI is InChI=1S/C23H22N2O6S.Na.H/c1-23(2)19(22(29)30)25-20(28)18(21(25)32-23)24(14-9-5-3-6-10-14)16(26)13-17(27)31-15-11-7-4-8-12-15;;/h3-12,18-19,21H,13H2,1-2H3,(H,29,30);;/q;+1;-1/t18?,19?,21-;;/m1../s1. The summed E-state index contributed by atoms with van der Waals surface area (Å²) < 4.78 is 4.51. The van der Waals surface area contributed by atoms with Crippen LogP contribution in [0.5, 0.6) is 5.75 Å². The van der Waals surface area contributed by atoms with Gasteiger partial charge in [0, 0.05) is 10.4 Å². The molecule has 168 valence electrons. The summed E-state index contributed by atoms with van der Waals surface area (Å²) in [5.74, 6) is -2.55. The molecule has 4 rings (SSSR count). The maximum atomic E-state index is 13.2. The zero-order chi connectivity index (χ0) is 23.0. The van der Waals surface area contributed by atoms with E-state index in [2.05, 4.69) is 0 Å². The third-order valence-electron chi connectivity index (χ3n) is 5.50. The van der Waals surface area contributed by atoms with E-state index in [0.29, 0.717) is 11.4 Å². The Morgan fingerprint density at radius 1 is 1.09 bits per heavy atom. The van der Waals surface area contributed by atoms with Crippen molar-refractivity contribution in [2.75, 3.05) is 4.90 Å². The van der Waals surface area contributed by atoms with E-state index in [1.54, 1.807) is 74.5 Å². The summed E-state index contributed by atoms with van der Waals surface area (Å²) in [6, 6.07) is 15.1. The number of hydrogen-bond acceptors (Lipinski definition) is 6. The first-order valence-electron chi connectivity index (χ1n) is 10.1. The van der Waals surface area contributed by atoms with Crippen LogP contribution in [-0.4, -0.2) is 56.0 Å². The molecule has 0 aromatic heterocycles. The summed E-state index contributed by atoms with van der Waals surface area (Å²) in [6.45, 7) is 3.54. The number of amides is 2. The van der Waals surface area contributed by atoms with Gasteiger partial charge in [-0.1, -0.05) is 36.4 Å². The van der Waals surface area contributed by atoms with Gasteiger partial charge in [-0.2, -0.15) is 0 Å². The number of hydrogen-bond donors (Lipinski definition) is 1. The van der Waals surface area contributed by atoms with E-state index in [1.165, 1.54) is 21.6 Å². The first kappa shape index (κ1) is 25.3. The molecule has 2 aliphatic rings. The predicted molar refractivity (Wildman–Crippen MR) is 119 cm³/mol. The van der Waals surface area contributed by atoms with E-state index in [1.807, 2.05) is 0 Å². The number of anilines is 1. The van der Waals surface area contributed by atoms with Gasteiger partial charge in [0.25, 0.3) is 5.91 Å². The molecule has 0 saturated carbocycles. The van der Waals surface area contributed by atoms with Gasteiger partial charge in [-0.15, -0.1) is 11.8 Å². The number of ether oxygens (including phenoxy) is 1. The number of aliphatic carboxylic acids is 1. The maximum Gasteiger partial charge on any atom is 1.00 e. The van der Waals surface area contributed by atoms with E-state index >= 15 is 0 Å². The van der Waals surface area contributed by atoms with Crippen molar-refractivity contribution in [2.45, 2.75) is 42.5 Å². The number of β-lactam (4-membered cyclic amide) rings is 1. The van der Waals surface area contributed by atoms with Gasteiger partial charge in [-0.05, 0) is 38.1 Å². The van der Waals surface area contributed by atoms with Gasteiger partial charge >= 0.3 is 41.5 Å². The van der Waals surface area contributed by atoms with Gasteiger partial charge < -0.3 is 16.2 Å². The number of esters is 1. The average Bonchev–Trinajstić information content (AvgIpc) is 3.00. The van der Waals surface area contributed by atoms with Crippen LogP contribution >= 0.6 is 11.8 Å². The molecule has 10 heteroatoms. The number of para-hydroxylation sites is 2. The fourth-order valence-electron chi connectivity index (χ4n) is 4.14. The number of rotatable bonds is 6. The average molecular weight is 479 g/mol. The van der Waals surface area contributed by atoms with Crippen molar-refractivity contribution >= 4 is 41.2 Å². The molecule has 1 N–H and O–H groups in total. The summed E-state index contributed by atoms with van der Waals surface area (Å²) in [7, 11) is 0. The number of carboxylic acids is 1. The second kappa shape index (κ2) is 9.89. The summed E-state index contributed by atoms with van der Waals surface area (Å²) in [4.78, 5) is 53.1. The van der Waals surface area contributed by atoms with Crippen LogP contribution in [-0.2, 0) is 19.2 Å². The summed E-state index contributed by atoms with van der Waals surface area (Å²) >= 11 is 1.34.